The number of rotatable bonds is 6. The predicted octanol–water partition coefficient (Wildman–Crippen LogP) is -1.45. The monoisotopic (exact) mass is 189 g/mol. The SMILES string of the molecule is CCC(C)(O)CNCC(N)C(N)=O. The zero-order valence-electron chi connectivity index (χ0n) is 8.21. The van der Waals surface area contributed by atoms with E-state index < -0.39 is 17.6 Å². The van der Waals surface area contributed by atoms with E-state index in [0.717, 1.165) is 0 Å². The van der Waals surface area contributed by atoms with E-state index in [1.807, 2.05) is 6.92 Å². The van der Waals surface area contributed by atoms with E-state index in [-0.39, 0.29) is 0 Å². The summed E-state index contributed by atoms with van der Waals surface area (Å²) in [5.41, 5.74) is 9.57. The van der Waals surface area contributed by atoms with Gasteiger partial charge in [0.15, 0.2) is 0 Å². The lowest BCUT2D eigenvalue weighted by molar-refractivity contribution is -0.119. The van der Waals surface area contributed by atoms with Gasteiger partial charge in [-0.2, -0.15) is 0 Å². The minimum absolute atomic E-state index is 0.297. The molecule has 0 spiro atoms. The maximum Gasteiger partial charge on any atom is 0.235 e. The minimum Gasteiger partial charge on any atom is -0.389 e. The normalized spacial score (nSPS) is 17.8. The summed E-state index contributed by atoms with van der Waals surface area (Å²) in [5, 5.41) is 12.4. The molecule has 0 rings (SSSR count). The molecule has 0 bridgehead atoms. The van der Waals surface area contributed by atoms with Crippen molar-refractivity contribution in [3.63, 3.8) is 0 Å². The number of hydrogen-bond acceptors (Lipinski definition) is 4. The van der Waals surface area contributed by atoms with Gasteiger partial charge in [0.1, 0.15) is 0 Å². The number of hydrogen-bond donors (Lipinski definition) is 4. The van der Waals surface area contributed by atoms with Crippen molar-refractivity contribution in [2.75, 3.05) is 13.1 Å². The van der Waals surface area contributed by atoms with Crippen LogP contribution in [0, 0.1) is 0 Å². The summed E-state index contributed by atoms with van der Waals surface area (Å²) >= 11 is 0. The van der Waals surface area contributed by atoms with Crippen LogP contribution in [0.2, 0.25) is 0 Å². The zero-order chi connectivity index (χ0) is 10.5. The second-order valence-electron chi connectivity index (χ2n) is 3.49. The van der Waals surface area contributed by atoms with Crippen LogP contribution in [0.4, 0.5) is 0 Å². The van der Waals surface area contributed by atoms with Crippen LogP contribution in [-0.4, -0.2) is 35.7 Å². The van der Waals surface area contributed by atoms with Gasteiger partial charge in [0.2, 0.25) is 5.91 Å². The molecule has 5 nitrogen and oxygen atoms in total. The molecule has 0 aliphatic carbocycles. The van der Waals surface area contributed by atoms with E-state index in [4.69, 9.17) is 11.5 Å². The van der Waals surface area contributed by atoms with Crippen molar-refractivity contribution >= 4 is 5.91 Å². The Morgan fingerprint density at radius 1 is 1.69 bits per heavy atom. The first kappa shape index (κ1) is 12.3. The van der Waals surface area contributed by atoms with Crippen LogP contribution in [0.5, 0.6) is 0 Å². The van der Waals surface area contributed by atoms with E-state index in [1.165, 1.54) is 0 Å². The molecule has 1 amide bonds. The Balaban J connectivity index is 3.62. The molecule has 5 heteroatoms. The number of carbonyl (C=O) groups is 1. The first-order valence-corrected chi connectivity index (χ1v) is 4.37. The van der Waals surface area contributed by atoms with Crippen LogP contribution in [0.3, 0.4) is 0 Å². The highest BCUT2D eigenvalue weighted by Gasteiger charge is 2.17. The average Bonchev–Trinajstić information content (AvgIpc) is 2.04. The maximum absolute atomic E-state index is 10.5. The van der Waals surface area contributed by atoms with Crippen molar-refractivity contribution in [3.05, 3.63) is 0 Å². The highest BCUT2D eigenvalue weighted by molar-refractivity contribution is 5.79. The van der Waals surface area contributed by atoms with Gasteiger partial charge in [-0.3, -0.25) is 4.79 Å². The summed E-state index contributed by atoms with van der Waals surface area (Å²) in [6.45, 7) is 4.31. The first-order chi connectivity index (χ1) is 5.89. The molecule has 13 heavy (non-hydrogen) atoms. The molecule has 0 aromatic rings. The molecule has 0 saturated carbocycles. The van der Waals surface area contributed by atoms with Gasteiger partial charge in [-0.05, 0) is 13.3 Å². The Morgan fingerprint density at radius 2 is 2.23 bits per heavy atom. The number of aliphatic hydroxyl groups is 1. The Labute approximate surface area is 78.5 Å². The smallest absolute Gasteiger partial charge is 0.235 e. The van der Waals surface area contributed by atoms with E-state index in [1.54, 1.807) is 6.92 Å². The standard InChI is InChI=1S/C8H19N3O2/c1-3-8(2,13)5-11-4-6(9)7(10)12/h6,11,13H,3-5,9H2,1-2H3,(H2,10,12). The highest BCUT2D eigenvalue weighted by Crippen LogP contribution is 2.05. The molecule has 2 atom stereocenters. The molecular weight excluding hydrogens is 170 g/mol. The third-order valence-electron chi connectivity index (χ3n) is 2.00. The molecule has 0 saturated heterocycles. The van der Waals surface area contributed by atoms with Crippen LogP contribution < -0.4 is 16.8 Å². The van der Waals surface area contributed by atoms with Crippen molar-refractivity contribution in [3.8, 4) is 0 Å². The fraction of sp³-hybridized carbons (Fsp3) is 0.875. The summed E-state index contributed by atoms with van der Waals surface area (Å²) < 4.78 is 0. The predicted molar refractivity (Wildman–Crippen MR) is 51.0 cm³/mol. The van der Waals surface area contributed by atoms with Gasteiger partial charge in [0.25, 0.3) is 0 Å². The molecule has 78 valence electrons. The molecule has 6 N–H and O–H groups in total. The van der Waals surface area contributed by atoms with E-state index in [0.29, 0.717) is 19.5 Å². The van der Waals surface area contributed by atoms with Crippen molar-refractivity contribution in [1.29, 1.82) is 0 Å². The quantitative estimate of drug-likeness (QED) is 0.410. The van der Waals surface area contributed by atoms with Crippen LogP contribution in [0.15, 0.2) is 0 Å². The molecular formula is C8H19N3O2. The first-order valence-electron chi connectivity index (χ1n) is 4.37. The third kappa shape index (κ3) is 5.57. The van der Waals surface area contributed by atoms with Crippen molar-refractivity contribution < 1.29 is 9.90 Å². The average molecular weight is 189 g/mol. The highest BCUT2D eigenvalue weighted by atomic mass is 16.3. The van der Waals surface area contributed by atoms with Gasteiger partial charge in [-0.25, -0.2) is 0 Å². The second kappa shape index (κ2) is 5.16. The number of carbonyl (C=O) groups excluding carboxylic acids is 1. The fourth-order valence-electron chi connectivity index (χ4n) is 0.723. The van der Waals surface area contributed by atoms with Gasteiger partial charge < -0.3 is 21.9 Å². The molecule has 0 heterocycles. The van der Waals surface area contributed by atoms with Crippen molar-refractivity contribution in [1.82, 2.24) is 5.32 Å². The Hall–Kier alpha value is -0.650. The fourth-order valence-corrected chi connectivity index (χ4v) is 0.723. The van der Waals surface area contributed by atoms with Crippen LogP contribution in [0.1, 0.15) is 20.3 Å². The van der Waals surface area contributed by atoms with Crippen molar-refractivity contribution in [2.45, 2.75) is 31.9 Å². The topological polar surface area (TPSA) is 101 Å². The van der Waals surface area contributed by atoms with E-state index >= 15 is 0 Å². The lowest BCUT2D eigenvalue weighted by atomic mass is 10.0. The largest absolute Gasteiger partial charge is 0.389 e. The molecule has 2 unspecified atom stereocenters. The van der Waals surface area contributed by atoms with Gasteiger partial charge in [-0.15, -0.1) is 0 Å². The minimum atomic E-state index is -0.753. The summed E-state index contributed by atoms with van der Waals surface area (Å²) in [6.07, 6.45) is 0.645. The van der Waals surface area contributed by atoms with Gasteiger partial charge in [0.05, 0.1) is 11.6 Å². The number of nitrogens with two attached hydrogens (primary N) is 2. The van der Waals surface area contributed by atoms with Crippen LogP contribution in [-0.2, 0) is 4.79 Å². The van der Waals surface area contributed by atoms with Gasteiger partial charge in [0, 0.05) is 13.1 Å². The summed E-state index contributed by atoms with van der Waals surface area (Å²) in [6, 6.07) is -0.687. The van der Waals surface area contributed by atoms with Crippen molar-refractivity contribution in [2.24, 2.45) is 11.5 Å². The molecule has 0 radical (unpaired) electrons. The van der Waals surface area contributed by atoms with Gasteiger partial charge in [-0.1, -0.05) is 6.92 Å². The van der Waals surface area contributed by atoms with Crippen LogP contribution >= 0.6 is 0 Å². The Kier molecular flexibility index (Phi) is 4.90. The molecule has 0 aliphatic rings. The molecule has 0 aromatic carbocycles. The summed E-state index contributed by atoms with van der Waals surface area (Å²) in [5.74, 6) is -0.538. The Morgan fingerprint density at radius 3 is 2.62 bits per heavy atom. The number of nitrogens with one attached hydrogen (secondary N) is 1. The lowest BCUT2D eigenvalue weighted by Crippen LogP contribution is -2.47. The number of primary amides is 1. The maximum atomic E-state index is 10.5. The third-order valence-corrected chi connectivity index (χ3v) is 2.00. The van der Waals surface area contributed by atoms with Crippen LogP contribution in [0.25, 0.3) is 0 Å². The lowest BCUT2D eigenvalue weighted by Gasteiger charge is -2.22. The van der Waals surface area contributed by atoms with E-state index in [2.05, 4.69) is 5.32 Å². The molecule has 0 aromatic heterocycles. The van der Waals surface area contributed by atoms with Gasteiger partial charge >= 0.3 is 0 Å². The number of amides is 1. The zero-order valence-corrected chi connectivity index (χ0v) is 8.21. The Bertz CT molecular complexity index is 171. The second-order valence-corrected chi connectivity index (χ2v) is 3.49. The molecule has 0 fully saturated rings. The summed E-state index contributed by atoms with van der Waals surface area (Å²) in [7, 11) is 0. The molecule has 0 aliphatic heterocycles. The summed E-state index contributed by atoms with van der Waals surface area (Å²) in [4.78, 5) is 10.5. The van der Waals surface area contributed by atoms with E-state index in [9.17, 15) is 9.90 Å².